The number of ether oxygens (including phenoxy) is 1. The minimum absolute atomic E-state index is 0.206. The van der Waals surface area contributed by atoms with Crippen molar-refractivity contribution < 1.29 is 19.7 Å². The van der Waals surface area contributed by atoms with E-state index in [0.717, 1.165) is 5.69 Å². The third-order valence-corrected chi connectivity index (χ3v) is 3.70. The van der Waals surface area contributed by atoms with Crippen LogP contribution in [0, 0.1) is 0 Å². The Morgan fingerprint density at radius 1 is 1.67 bits per heavy atom. The Bertz CT molecular complexity index is 421. The van der Waals surface area contributed by atoms with Crippen molar-refractivity contribution in [1.82, 2.24) is 9.88 Å². The van der Waals surface area contributed by atoms with Crippen LogP contribution in [0.15, 0.2) is 10.9 Å². The Morgan fingerprint density at radius 3 is 2.89 bits per heavy atom. The van der Waals surface area contributed by atoms with E-state index in [0.29, 0.717) is 6.42 Å². The van der Waals surface area contributed by atoms with Gasteiger partial charge in [-0.15, -0.1) is 11.3 Å². The van der Waals surface area contributed by atoms with Crippen LogP contribution in [-0.4, -0.2) is 50.7 Å². The molecule has 0 saturated carbocycles. The Morgan fingerprint density at radius 2 is 2.39 bits per heavy atom. The molecule has 1 saturated heterocycles. The summed E-state index contributed by atoms with van der Waals surface area (Å²) in [5, 5.41) is 20.5. The smallest absolute Gasteiger partial charge is 0.409 e. The number of carbonyl (C=O) groups is 1. The summed E-state index contributed by atoms with van der Waals surface area (Å²) in [5.74, 6) is 0. The molecule has 0 aliphatic carbocycles. The van der Waals surface area contributed by atoms with Gasteiger partial charge in [0.2, 0.25) is 0 Å². The number of carboxylic acid groups (broad SMARTS) is 1. The van der Waals surface area contributed by atoms with Gasteiger partial charge in [0.25, 0.3) is 0 Å². The number of nitrogens with zero attached hydrogens (tertiary/aromatic N) is 2. The van der Waals surface area contributed by atoms with Crippen LogP contribution in [0.1, 0.15) is 19.5 Å². The van der Waals surface area contributed by atoms with E-state index in [1.807, 2.05) is 5.38 Å². The van der Waals surface area contributed by atoms with Gasteiger partial charge in [-0.05, 0) is 13.8 Å². The lowest BCUT2D eigenvalue weighted by Gasteiger charge is -2.30. The Kier molecular flexibility index (Phi) is 3.56. The van der Waals surface area contributed by atoms with Gasteiger partial charge in [-0.25, -0.2) is 9.78 Å². The standard InChI is InChI=1S/C11H16N2O4S/c1-11(2)13(10(15)16)8(9(4-14)17-11)3-7-5-18-6-12-7/h5-6,8-9,14H,3-4H2,1-2H3,(H,15,16). The van der Waals surface area contributed by atoms with Crippen LogP contribution in [0.2, 0.25) is 0 Å². The summed E-state index contributed by atoms with van der Waals surface area (Å²) in [4.78, 5) is 16.8. The fourth-order valence-corrected chi connectivity index (χ4v) is 2.95. The second kappa shape index (κ2) is 4.83. The number of aliphatic hydroxyl groups is 1. The highest BCUT2D eigenvalue weighted by atomic mass is 32.1. The molecule has 2 atom stereocenters. The van der Waals surface area contributed by atoms with Crippen molar-refractivity contribution in [2.24, 2.45) is 0 Å². The molecule has 1 aromatic heterocycles. The highest BCUT2D eigenvalue weighted by Gasteiger charge is 2.49. The van der Waals surface area contributed by atoms with Crippen molar-refractivity contribution in [1.29, 1.82) is 0 Å². The first-order valence-corrected chi connectivity index (χ1v) is 6.58. The van der Waals surface area contributed by atoms with Crippen LogP contribution < -0.4 is 0 Å². The van der Waals surface area contributed by atoms with Gasteiger partial charge in [0.15, 0.2) is 0 Å². The lowest BCUT2D eigenvalue weighted by atomic mass is 10.1. The average molecular weight is 272 g/mol. The first kappa shape index (κ1) is 13.3. The number of rotatable bonds is 3. The first-order valence-electron chi connectivity index (χ1n) is 5.63. The summed E-state index contributed by atoms with van der Waals surface area (Å²) in [7, 11) is 0. The average Bonchev–Trinajstić information content (AvgIpc) is 2.84. The molecule has 2 rings (SSSR count). The van der Waals surface area contributed by atoms with Crippen LogP contribution in [0.25, 0.3) is 0 Å². The van der Waals surface area contributed by atoms with Gasteiger partial charge < -0.3 is 14.9 Å². The third kappa shape index (κ3) is 2.33. The minimum atomic E-state index is -1.05. The lowest BCUT2D eigenvalue weighted by Crippen LogP contribution is -2.48. The van der Waals surface area contributed by atoms with Crippen molar-refractivity contribution in [3.8, 4) is 0 Å². The molecule has 1 aliphatic heterocycles. The second-order valence-electron chi connectivity index (χ2n) is 4.69. The SMILES string of the molecule is CC1(C)OC(CO)C(Cc2cscn2)N1C(=O)O. The summed E-state index contributed by atoms with van der Waals surface area (Å²) < 4.78 is 5.60. The molecule has 0 spiro atoms. The molecular formula is C11H16N2O4S. The Labute approximate surface area is 109 Å². The molecule has 0 bridgehead atoms. The van der Waals surface area contributed by atoms with E-state index in [1.54, 1.807) is 19.4 Å². The summed E-state index contributed by atoms with van der Waals surface area (Å²) in [6.45, 7) is 3.16. The molecular weight excluding hydrogens is 256 g/mol. The highest BCUT2D eigenvalue weighted by Crippen LogP contribution is 2.33. The largest absolute Gasteiger partial charge is 0.465 e. The number of thiazole rings is 1. The monoisotopic (exact) mass is 272 g/mol. The second-order valence-corrected chi connectivity index (χ2v) is 5.41. The first-order chi connectivity index (χ1) is 8.45. The molecule has 1 amide bonds. The Balaban J connectivity index is 2.25. The number of amides is 1. The molecule has 7 heteroatoms. The zero-order valence-electron chi connectivity index (χ0n) is 10.2. The van der Waals surface area contributed by atoms with Crippen LogP contribution in [0.4, 0.5) is 4.79 Å². The zero-order chi connectivity index (χ0) is 13.3. The molecule has 6 nitrogen and oxygen atoms in total. The van der Waals surface area contributed by atoms with Gasteiger partial charge >= 0.3 is 6.09 Å². The molecule has 2 heterocycles. The van der Waals surface area contributed by atoms with Crippen LogP contribution in [0.5, 0.6) is 0 Å². The lowest BCUT2D eigenvalue weighted by molar-refractivity contribution is -0.0770. The maximum absolute atomic E-state index is 11.4. The predicted octanol–water partition coefficient (Wildman–Crippen LogP) is 1.16. The van der Waals surface area contributed by atoms with E-state index in [1.165, 1.54) is 16.2 Å². The quantitative estimate of drug-likeness (QED) is 0.862. The van der Waals surface area contributed by atoms with Crippen molar-refractivity contribution >= 4 is 17.4 Å². The van der Waals surface area contributed by atoms with Crippen molar-refractivity contribution in [3.05, 3.63) is 16.6 Å². The van der Waals surface area contributed by atoms with Crippen molar-refractivity contribution in [2.75, 3.05) is 6.61 Å². The van der Waals surface area contributed by atoms with Gasteiger partial charge in [0.1, 0.15) is 11.8 Å². The van der Waals surface area contributed by atoms with Gasteiger partial charge in [0.05, 0.1) is 23.9 Å². The molecule has 18 heavy (non-hydrogen) atoms. The molecule has 2 unspecified atom stereocenters. The molecule has 1 aromatic rings. The van der Waals surface area contributed by atoms with Crippen molar-refractivity contribution in [3.63, 3.8) is 0 Å². The number of hydrogen-bond acceptors (Lipinski definition) is 5. The van der Waals surface area contributed by atoms with Crippen LogP contribution >= 0.6 is 11.3 Å². The molecule has 1 aliphatic rings. The maximum Gasteiger partial charge on any atom is 0.409 e. The van der Waals surface area contributed by atoms with E-state index >= 15 is 0 Å². The molecule has 2 N–H and O–H groups in total. The topological polar surface area (TPSA) is 82.9 Å². The van der Waals surface area contributed by atoms with Crippen LogP contribution in [0.3, 0.4) is 0 Å². The van der Waals surface area contributed by atoms with E-state index in [-0.39, 0.29) is 6.61 Å². The van der Waals surface area contributed by atoms with Crippen LogP contribution in [-0.2, 0) is 11.2 Å². The van der Waals surface area contributed by atoms with E-state index < -0.39 is 24.0 Å². The summed E-state index contributed by atoms with van der Waals surface area (Å²) in [5.41, 5.74) is 1.59. The third-order valence-electron chi connectivity index (χ3n) is 3.07. The summed E-state index contributed by atoms with van der Waals surface area (Å²) in [6, 6.07) is -0.412. The predicted molar refractivity (Wildman–Crippen MR) is 65.5 cm³/mol. The number of aromatic nitrogens is 1. The van der Waals surface area contributed by atoms with E-state index in [4.69, 9.17) is 4.74 Å². The zero-order valence-corrected chi connectivity index (χ0v) is 11.1. The number of hydrogen-bond donors (Lipinski definition) is 2. The molecule has 0 aromatic carbocycles. The Hall–Kier alpha value is -1.18. The van der Waals surface area contributed by atoms with E-state index in [2.05, 4.69) is 4.98 Å². The fraction of sp³-hybridized carbons (Fsp3) is 0.636. The highest BCUT2D eigenvalue weighted by molar-refractivity contribution is 7.07. The van der Waals surface area contributed by atoms with E-state index in [9.17, 15) is 15.0 Å². The minimum Gasteiger partial charge on any atom is -0.465 e. The normalized spacial score (nSPS) is 26.5. The maximum atomic E-state index is 11.4. The number of aliphatic hydroxyl groups excluding tert-OH is 1. The van der Waals surface area contributed by atoms with Gasteiger partial charge in [-0.2, -0.15) is 0 Å². The van der Waals surface area contributed by atoms with Crippen molar-refractivity contribution in [2.45, 2.75) is 38.1 Å². The summed E-state index contributed by atoms with van der Waals surface area (Å²) >= 11 is 1.46. The molecule has 1 fully saturated rings. The van der Waals surface area contributed by atoms with Gasteiger partial charge in [-0.1, -0.05) is 0 Å². The molecule has 0 radical (unpaired) electrons. The fourth-order valence-electron chi connectivity index (χ4n) is 2.38. The van der Waals surface area contributed by atoms with Gasteiger partial charge in [-0.3, -0.25) is 4.90 Å². The van der Waals surface area contributed by atoms with Gasteiger partial charge in [0, 0.05) is 11.8 Å². The summed E-state index contributed by atoms with van der Waals surface area (Å²) in [6.07, 6.45) is -1.11. The molecule has 100 valence electrons.